The summed E-state index contributed by atoms with van der Waals surface area (Å²) in [6.07, 6.45) is 5.97. The molecule has 1 saturated heterocycles. The minimum atomic E-state index is -0.283. The molecule has 4 aromatic rings. The van der Waals surface area contributed by atoms with E-state index in [2.05, 4.69) is 29.7 Å². The molecule has 0 radical (unpaired) electrons. The smallest absolute Gasteiger partial charge is 0.293 e. The van der Waals surface area contributed by atoms with E-state index < -0.39 is 0 Å². The van der Waals surface area contributed by atoms with Crippen LogP contribution < -0.4 is 16.2 Å². The summed E-state index contributed by atoms with van der Waals surface area (Å²) in [5.74, 6) is -0.0440. The van der Waals surface area contributed by atoms with Crippen molar-refractivity contribution < 1.29 is 14.3 Å². The number of hydrogen-bond acceptors (Lipinski definition) is 6. The van der Waals surface area contributed by atoms with Crippen LogP contribution in [0.5, 0.6) is 0 Å². The molecule has 2 N–H and O–H groups in total. The van der Waals surface area contributed by atoms with Crippen molar-refractivity contribution in [1.29, 1.82) is 0 Å². The number of ether oxygens (including phenoxy) is 1. The van der Waals surface area contributed by atoms with Gasteiger partial charge in [-0.1, -0.05) is 44.5 Å². The van der Waals surface area contributed by atoms with E-state index in [0.717, 1.165) is 11.1 Å². The van der Waals surface area contributed by atoms with Crippen molar-refractivity contribution in [3.05, 3.63) is 106 Å². The molecule has 1 saturated carbocycles. The zero-order valence-corrected chi connectivity index (χ0v) is 26.1. The second-order valence-electron chi connectivity index (χ2n) is 12.1. The lowest BCUT2D eigenvalue weighted by Crippen LogP contribution is -2.40. The second-order valence-corrected chi connectivity index (χ2v) is 12.1. The summed E-state index contributed by atoms with van der Waals surface area (Å²) < 4.78 is 6.84. The molecule has 2 fully saturated rings. The van der Waals surface area contributed by atoms with Gasteiger partial charge in [-0.05, 0) is 78.3 Å². The van der Waals surface area contributed by atoms with E-state index in [1.807, 2.05) is 37.3 Å². The third-order valence-corrected chi connectivity index (χ3v) is 9.12. The van der Waals surface area contributed by atoms with E-state index in [1.54, 1.807) is 42.4 Å². The molecule has 1 aliphatic carbocycles. The first-order chi connectivity index (χ1) is 21.8. The molecule has 2 heterocycles. The van der Waals surface area contributed by atoms with Crippen LogP contribution in [0, 0.1) is 0 Å². The third-order valence-electron chi connectivity index (χ3n) is 9.12. The van der Waals surface area contributed by atoms with Crippen molar-refractivity contribution in [3.8, 4) is 11.3 Å². The Hall–Kier alpha value is -4.76. The monoisotopic (exact) mass is 605 g/mol. The molecule has 0 unspecified atom stereocenters. The molecule has 45 heavy (non-hydrogen) atoms. The normalized spacial score (nSPS) is 15.7. The van der Waals surface area contributed by atoms with E-state index in [-0.39, 0.29) is 28.6 Å². The van der Waals surface area contributed by atoms with Gasteiger partial charge in [0.05, 0.1) is 18.9 Å². The summed E-state index contributed by atoms with van der Waals surface area (Å²) in [6, 6.07) is 20.7. The Bertz CT molecular complexity index is 1770. The van der Waals surface area contributed by atoms with Crippen LogP contribution in [0.1, 0.15) is 65.0 Å². The summed E-state index contributed by atoms with van der Waals surface area (Å²) >= 11 is 0. The van der Waals surface area contributed by atoms with Crippen LogP contribution in [0.25, 0.3) is 11.3 Å². The van der Waals surface area contributed by atoms with Gasteiger partial charge < -0.3 is 24.8 Å². The van der Waals surface area contributed by atoms with Gasteiger partial charge in [-0.2, -0.15) is 0 Å². The minimum absolute atomic E-state index is 0.0417. The van der Waals surface area contributed by atoms with Gasteiger partial charge in [-0.25, -0.2) is 4.98 Å². The SMILES string of the molecule is CCc1c(NC(=O)c2ccc(C3(C)CCC3)cc2)cccc1-c1cn(C)c(=O)c(Nc2ccc(C(=O)N3CCOCC3)cc2)n1. The van der Waals surface area contributed by atoms with E-state index in [0.29, 0.717) is 60.9 Å². The lowest BCUT2D eigenvalue weighted by Gasteiger charge is -2.39. The van der Waals surface area contributed by atoms with Crippen molar-refractivity contribution in [2.24, 2.45) is 7.05 Å². The summed E-state index contributed by atoms with van der Waals surface area (Å²) in [7, 11) is 1.69. The number of rotatable bonds is 8. The summed E-state index contributed by atoms with van der Waals surface area (Å²) in [4.78, 5) is 45.7. The third kappa shape index (κ3) is 6.26. The predicted octanol–water partition coefficient (Wildman–Crippen LogP) is 5.92. The minimum Gasteiger partial charge on any atom is -0.378 e. The summed E-state index contributed by atoms with van der Waals surface area (Å²) in [5, 5.41) is 6.24. The zero-order valence-electron chi connectivity index (χ0n) is 26.1. The van der Waals surface area contributed by atoms with E-state index in [1.165, 1.54) is 29.4 Å². The van der Waals surface area contributed by atoms with Crippen LogP contribution in [0.4, 0.5) is 17.2 Å². The number of nitrogens with one attached hydrogen (secondary N) is 2. The highest BCUT2D eigenvalue weighted by Gasteiger charge is 2.33. The maximum Gasteiger partial charge on any atom is 0.293 e. The molecule has 2 aliphatic rings. The number of hydrogen-bond donors (Lipinski definition) is 2. The van der Waals surface area contributed by atoms with Crippen LogP contribution in [-0.4, -0.2) is 52.6 Å². The number of carbonyl (C=O) groups excluding carboxylic acids is 2. The molecule has 0 bridgehead atoms. The van der Waals surface area contributed by atoms with Gasteiger partial charge in [0.15, 0.2) is 5.82 Å². The highest BCUT2D eigenvalue weighted by molar-refractivity contribution is 6.05. The van der Waals surface area contributed by atoms with Crippen molar-refractivity contribution >= 4 is 29.0 Å². The molecule has 1 aliphatic heterocycles. The van der Waals surface area contributed by atoms with Gasteiger partial charge in [-0.15, -0.1) is 0 Å². The summed E-state index contributed by atoms with van der Waals surface area (Å²) in [5.41, 5.74) is 6.11. The average Bonchev–Trinajstić information content (AvgIpc) is 3.06. The fraction of sp³-hybridized carbons (Fsp3) is 0.333. The van der Waals surface area contributed by atoms with E-state index in [9.17, 15) is 14.4 Å². The molecule has 1 aromatic heterocycles. The average molecular weight is 606 g/mol. The quantitative estimate of drug-likeness (QED) is 0.258. The van der Waals surface area contributed by atoms with Crippen molar-refractivity contribution in [2.45, 2.75) is 44.9 Å². The number of aryl methyl sites for hydroxylation is 1. The maximum absolute atomic E-state index is 13.3. The lowest BCUT2D eigenvalue weighted by molar-refractivity contribution is 0.0303. The Balaban J connectivity index is 1.22. The zero-order chi connectivity index (χ0) is 31.6. The summed E-state index contributed by atoms with van der Waals surface area (Å²) in [6.45, 7) is 6.54. The molecule has 0 spiro atoms. The van der Waals surface area contributed by atoms with Gasteiger partial charge in [0.1, 0.15) is 0 Å². The molecular formula is C36H39N5O4. The Kier molecular flexibility index (Phi) is 8.54. The maximum atomic E-state index is 13.3. The number of carbonyl (C=O) groups is 2. The van der Waals surface area contributed by atoms with Crippen molar-refractivity contribution in [3.63, 3.8) is 0 Å². The first-order valence-corrected chi connectivity index (χ1v) is 15.6. The fourth-order valence-electron chi connectivity index (χ4n) is 6.14. The molecular weight excluding hydrogens is 566 g/mol. The molecule has 9 nitrogen and oxygen atoms in total. The van der Waals surface area contributed by atoms with Crippen LogP contribution in [0.15, 0.2) is 77.7 Å². The topological polar surface area (TPSA) is 106 Å². The van der Waals surface area contributed by atoms with Crippen LogP contribution in [-0.2, 0) is 23.6 Å². The standard InChI is InChI=1S/C36H39N5O4/c1-4-28-29(7-5-8-30(28)39-33(42)24-9-13-26(14-10-24)36(2)17-6-18-36)31-23-40(3)35(44)32(38-31)37-27-15-11-25(12-16-27)34(43)41-19-21-45-22-20-41/h5,7-16,23H,4,6,17-22H2,1-3H3,(H,37,38)(H,39,42). The van der Waals surface area contributed by atoms with Gasteiger partial charge in [0, 0.05) is 54.4 Å². The molecule has 232 valence electrons. The lowest BCUT2D eigenvalue weighted by atomic mass is 9.66. The van der Waals surface area contributed by atoms with E-state index >= 15 is 0 Å². The number of benzene rings is 3. The van der Waals surface area contributed by atoms with Crippen LogP contribution >= 0.6 is 0 Å². The number of aromatic nitrogens is 2. The predicted molar refractivity (Wildman–Crippen MR) is 176 cm³/mol. The molecule has 0 atom stereocenters. The Labute approximate surface area is 263 Å². The number of morpholine rings is 1. The molecule has 6 rings (SSSR count). The first kappa shape index (κ1) is 30.3. The van der Waals surface area contributed by atoms with Gasteiger partial charge in [-0.3, -0.25) is 14.4 Å². The van der Waals surface area contributed by atoms with Gasteiger partial charge in [0.25, 0.3) is 17.4 Å². The van der Waals surface area contributed by atoms with E-state index in [4.69, 9.17) is 9.72 Å². The Morgan fingerprint density at radius 1 is 0.956 bits per heavy atom. The molecule has 3 aromatic carbocycles. The van der Waals surface area contributed by atoms with Crippen molar-refractivity contribution in [2.75, 3.05) is 36.9 Å². The molecule has 9 heteroatoms. The molecule has 2 amide bonds. The van der Waals surface area contributed by atoms with Crippen LogP contribution in [0.3, 0.4) is 0 Å². The Morgan fingerprint density at radius 3 is 2.29 bits per heavy atom. The first-order valence-electron chi connectivity index (χ1n) is 15.6. The van der Waals surface area contributed by atoms with Crippen LogP contribution in [0.2, 0.25) is 0 Å². The van der Waals surface area contributed by atoms with Crippen molar-refractivity contribution in [1.82, 2.24) is 14.5 Å². The highest BCUT2D eigenvalue weighted by atomic mass is 16.5. The Morgan fingerprint density at radius 2 is 1.64 bits per heavy atom. The second kappa shape index (κ2) is 12.7. The number of anilines is 3. The number of nitrogens with zero attached hydrogens (tertiary/aromatic N) is 3. The highest BCUT2D eigenvalue weighted by Crippen LogP contribution is 2.43. The fourth-order valence-corrected chi connectivity index (χ4v) is 6.14. The van der Waals surface area contributed by atoms with Gasteiger partial charge in [0.2, 0.25) is 0 Å². The van der Waals surface area contributed by atoms with Gasteiger partial charge >= 0.3 is 0 Å². The largest absolute Gasteiger partial charge is 0.378 e. The number of amides is 2.